The molecule has 0 atom stereocenters. The summed E-state index contributed by atoms with van der Waals surface area (Å²) in [6.07, 6.45) is -3.61. The second-order valence-electron chi connectivity index (χ2n) is 3.72. The third-order valence-electron chi connectivity index (χ3n) is 2.45. The molecule has 19 heavy (non-hydrogen) atoms. The summed E-state index contributed by atoms with van der Waals surface area (Å²) in [4.78, 5) is 13.8. The Morgan fingerprint density at radius 1 is 1.05 bits per heavy atom. The lowest BCUT2D eigenvalue weighted by molar-refractivity contribution is -0.138. The molecule has 0 bridgehead atoms. The van der Waals surface area contributed by atoms with Crippen LogP contribution in [0.3, 0.4) is 0 Å². The van der Waals surface area contributed by atoms with Gasteiger partial charge in [0.15, 0.2) is 5.43 Å². The fourth-order valence-corrected chi connectivity index (χ4v) is 1.94. The molecular weight excluding hydrogens is 302 g/mol. The summed E-state index contributed by atoms with van der Waals surface area (Å²) in [6.45, 7) is 0. The van der Waals surface area contributed by atoms with Crippen molar-refractivity contribution in [1.29, 1.82) is 0 Å². The van der Waals surface area contributed by atoms with Gasteiger partial charge in [0.05, 0.1) is 15.7 Å². The van der Waals surface area contributed by atoms with Crippen LogP contribution in [0.5, 0.6) is 0 Å². The zero-order valence-electron chi connectivity index (χ0n) is 9.18. The van der Waals surface area contributed by atoms with E-state index < -0.39 is 17.2 Å². The summed E-state index contributed by atoms with van der Waals surface area (Å²) < 4.78 is 38.7. The molecule has 0 spiro atoms. The van der Waals surface area contributed by atoms with Gasteiger partial charge in [0.2, 0.25) is 0 Å². The Morgan fingerprint density at radius 2 is 1.74 bits per heavy atom. The third kappa shape index (κ3) is 2.77. The van der Waals surface area contributed by atoms with E-state index in [1.54, 1.807) is 0 Å². The Hall–Kier alpha value is -1.46. The van der Waals surface area contributed by atoms with Crippen LogP contribution in [0.1, 0.15) is 5.56 Å². The molecule has 0 unspecified atom stereocenters. The van der Waals surface area contributed by atoms with Crippen LogP contribution in [0.25, 0.3) is 11.3 Å². The number of alkyl halides is 3. The summed E-state index contributed by atoms with van der Waals surface area (Å²) >= 11 is 11.5. The number of aromatic amines is 1. The number of pyridine rings is 1. The number of H-pyrrole nitrogens is 1. The molecule has 0 amide bonds. The van der Waals surface area contributed by atoms with Crippen LogP contribution in [-0.2, 0) is 6.18 Å². The Morgan fingerprint density at radius 3 is 2.32 bits per heavy atom. The number of nitrogens with one attached hydrogen (secondary N) is 1. The number of benzene rings is 1. The van der Waals surface area contributed by atoms with Crippen LogP contribution in [0.15, 0.2) is 35.3 Å². The summed E-state index contributed by atoms with van der Waals surface area (Å²) in [5.74, 6) is 0. The van der Waals surface area contributed by atoms with Gasteiger partial charge in [-0.3, -0.25) is 4.79 Å². The monoisotopic (exact) mass is 307 g/mol. The van der Waals surface area contributed by atoms with Crippen molar-refractivity contribution in [2.24, 2.45) is 0 Å². The van der Waals surface area contributed by atoms with E-state index >= 15 is 0 Å². The minimum Gasteiger partial charge on any atom is -0.360 e. The molecule has 0 aliphatic rings. The standard InChI is InChI=1S/C12H6Cl2F3NO/c13-7-2-1-6(5-8(7)14)11-10(12(15,16)17)9(19)3-4-18-11/h1-5H,(H,18,19). The van der Waals surface area contributed by atoms with E-state index in [0.29, 0.717) is 0 Å². The molecule has 2 rings (SSSR count). The van der Waals surface area contributed by atoms with Gasteiger partial charge in [-0.1, -0.05) is 29.3 Å². The molecule has 0 aliphatic heterocycles. The van der Waals surface area contributed by atoms with Crippen LogP contribution in [0.4, 0.5) is 13.2 Å². The van der Waals surface area contributed by atoms with Crippen LogP contribution in [0.2, 0.25) is 10.0 Å². The highest BCUT2D eigenvalue weighted by Gasteiger charge is 2.37. The fraction of sp³-hybridized carbons (Fsp3) is 0.0833. The predicted octanol–water partition coefficient (Wildman–Crippen LogP) is 4.37. The molecule has 2 aromatic rings. The highest BCUT2D eigenvalue weighted by molar-refractivity contribution is 6.42. The molecule has 100 valence electrons. The number of aromatic nitrogens is 1. The third-order valence-corrected chi connectivity index (χ3v) is 3.19. The summed E-state index contributed by atoms with van der Waals surface area (Å²) in [5, 5.41) is 0.328. The number of rotatable bonds is 1. The average Bonchev–Trinajstić information content (AvgIpc) is 2.30. The molecule has 1 heterocycles. The SMILES string of the molecule is O=c1cc[nH]c(-c2ccc(Cl)c(Cl)c2)c1C(F)(F)F. The Labute approximate surface area is 115 Å². The Kier molecular flexibility index (Phi) is 3.60. The first-order valence-electron chi connectivity index (χ1n) is 5.05. The zero-order chi connectivity index (χ0) is 14.2. The van der Waals surface area contributed by atoms with E-state index in [9.17, 15) is 18.0 Å². The largest absolute Gasteiger partial charge is 0.422 e. The van der Waals surface area contributed by atoms with Crippen molar-refractivity contribution in [2.75, 3.05) is 0 Å². The van der Waals surface area contributed by atoms with Crippen LogP contribution < -0.4 is 5.43 Å². The molecule has 0 fully saturated rings. The molecule has 2 nitrogen and oxygen atoms in total. The number of hydrogen-bond acceptors (Lipinski definition) is 1. The summed E-state index contributed by atoms with van der Waals surface area (Å²) in [5.41, 5.74) is -2.56. The van der Waals surface area contributed by atoms with E-state index in [-0.39, 0.29) is 21.3 Å². The molecule has 0 saturated heterocycles. The second-order valence-corrected chi connectivity index (χ2v) is 4.53. The van der Waals surface area contributed by atoms with Gasteiger partial charge in [0, 0.05) is 17.8 Å². The Balaban J connectivity index is 2.72. The average molecular weight is 308 g/mol. The van der Waals surface area contributed by atoms with Crippen LogP contribution >= 0.6 is 23.2 Å². The topological polar surface area (TPSA) is 32.9 Å². The van der Waals surface area contributed by atoms with Crippen molar-refractivity contribution in [2.45, 2.75) is 6.18 Å². The van der Waals surface area contributed by atoms with Gasteiger partial charge in [-0.25, -0.2) is 0 Å². The van der Waals surface area contributed by atoms with Crippen molar-refractivity contribution in [3.63, 3.8) is 0 Å². The zero-order valence-corrected chi connectivity index (χ0v) is 10.7. The van der Waals surface area contributed by atoms with Crippen LogP contribution in [-0.4, -0.2) is 4.98 Å². The van der Waals surface area contributed by atoms with Crippen molar-refractivity contribution >= 4 is 23.2 Å². The highest BCUT2D eigenvalue weighted by Crippen LogP contribution is 2.35. The first-order valence-corrected chi connectivity index (χ1v) is 5.80. The minimum absolute atomic E-state index is 0.108. The molecule has 0 aliphatic carbocycles. The van der Waals surface area contributed by atoms with E-state index in [0.717, 1.165) is 12.3 Å². The first-order chi connectivity index (χ1) is 8.80. The second kappa shape index (κ2) is 4.90. The number of halogens is 5. The maximum absolute atomic E-state index is 12.9. The Bertz CT molecular complexity index is 679. The molecule has 0 radical (unpaired) electrons. The lowest BCUT2D eigenvalue weighted by Crippen LogP contribution is -2.20. The molecule has 1 N–H and O–H groups in total. The van der Waals surface area contributed by atoms with Gasteiger partial charge in [-0.05, 0) is 12.1 Å². The molecule has 0 saturated carbocycles. The fourth-order valence-electron chi connectivity index (χ4n) is 1.64. The minimum atomic E-state index is -4.75. The normalized spacial score (nSPS) is 11.6. The lowest BCUT2D eigenvalue weighted by Gasteiger charge is -2.12. The number of hydrogen-bond donors (Lipinski definition) is 1. The van der Waals surface area contributed by atoms with Crippen molar-refractivity contribution < 1.29 is 13.2 Å². The van der Waals surface area contributed by atoms with Crippen molar-refractivity contribution in [1.82, 2.24) is 4.98 Å². The molecule has 1 aromatic heterocycles. The van der Waals surface area contributed by atoms with Crippen LogP contribution in [0, 0.1) is 0 Å². The molecule has 7 heteroatoms. The van der Waals surface area contributed by atoms with Gasteiger partial charge >= 0.3 is 6.18 Å². The summed E-state index contributed by atoms with van der Waals surface area (Å²) in [7, 11) is 0. The van der Waals surface area contributed by atoms with Crippen molar-refractivity contribution in [3.05, 3.63) is 56.3 Å². The van der Waals surface area contributed by atoms with Gasteiger partial charge in [-0.15, -0.1) is 0 Å². The first kappa shape index (κ1) is 14.0. The maximum Gasteiger partial charge on any atom is 0.422 e. The molecule has 1 aromatic carbocycles. The van der Waals surface area contributed by atoms with E-state index in [1.165, 1.54) is 18.2 Å². The van der Waals surface area contributed by atoms with E-state index in [2.05, 4.69) is 4.98 Å². The van der Waals surface area contributed by atoms with E-state index in [1.807, 2.05) is 0 Å². The predicted molar refractivity (Wildman–Crippen MR) is 67.5 cm³/mol. The smallest absolute Gasteiger partial charge is 0.360 e. The van der Waals surface area contributed by atoms with E-state index in [4.69, 9.17) is 23.2 Å². The van der Waals surface area contributed by atoms with Gasteiger partial charge < -0.3 is 4.98 Å². The molecular formula is C12H6Cl2F3NO. The van der Waals surface area contributed by atoms with Gasteiger partial charge in [0.1, 0.15) is 5.56 Å². The highest BCUT2D eigenvalue weighted by atomic mass is 35.5. The van der Waals surface area contributed by atoms with Crippen molar-refractivity contribution in [3.8, 4) is 11.3 Å². The van der Waals surface area contributed by atoms with Gasteiger partial charge in [-0.2, -0.15) is 13.2 Å². The summed E-state index contributed by atoms with van der Waals surface area (Å²) in [6, 6.07) is 4.81. The lowest BCUT2D eigenvalue weighted by atomic mass is 10.1. The maximum atomic E-state index is 12.9. The van der Waals surface area contributed by atoms with Gasteiger partial charge in [0.25, 0.3) is 0 Å². The quantitative estimate of drug-likeness (QED) is 0.834.